The zero-order valence-corrected chi connectivity index (χ0v) is 10.9. The highest BCUT2D eigenvalue weighted by atomic mass is 35.5. The maximum atomic E-state index is 6.15. The van der Waals surface area contributed by atoms with Gasteiger partial charge in [0.15, 0.2) is 0 Å². The summed E-state index contributed by atoms with van der Waals surface area (Å²) in [7, 11) is 3.91. The van der Waals surface area contributed by atoms with E-state index in [0.717, 1.165) is 11.4 Å². The summed E-state index contributed by atoms with van der Waals surface area (Å²) in [5.41, 5.74) is 1.80. The van der Waals surface area contributed by atoms with E-state index < -0.39 is 0 Å². The van der Waals surface area contributed by atoms with Crippen LogP contribution in [-0.2, 0) is 0 Å². The predicted molar refractivity (Wildman–Crippen MR) is 69.5 cm³/mol. The first-order valence-corrected chi connectivity index (χ1v) is 5.60. The Morgan fingerprint density at radius 1 is 1.13 bits per heavy atom. The molecule has 0 radical (unpaired) electrons. The van der Waals surface area contributed by atoms with Crippen molar-refractivity contribution in [1.29, 1.82) is 0 Å². The van der Waals surface area contributed by atoms with Gasteiger partial charge >= 0.3 is 0 Å². The van der Waals surface area contributed by atoms with Crippen molar-refractivity contribution in [3.63, 3.8) is 0 Å². The fourth-order valence-electron chi connectivity index (χ4n) is 1.24. The van der Waals surface area contributed by atoms with Crippen molar-refractivity contribution in [2.75, 3.05) is 24.3 Å². The molecule has 0 bridgehead atoms. The molecule has 2 nitrogen and oxygen atoms in total. The molecule has 0 spiro atoms. The number of nitrogens with one attached hydrogen (secondary N) is 1. The van der Waals surface area contributed by atoms with E-state index in [1.54, 1.807) is 0 Å². The van der Waals surface area contributed by atoms with E-state index in [2.05, 4.69) is 5.32 Å². The number of hydrogen-bond acceptors (Lipinski definition) is 2. The fourth-order valence-corrected chi connectivity index (χ4v) is 1.83. The zero-order valence-electron chi connectivity index (χ0n) is 9.44. The van der Waals surface area contributed by atoms with E-state index in [1.165, 1.54) is 0 Å². The summed E-state index contributed by atoms with van der Waals surface area (Å²) in [6.45, 7) is 4.10. The molecule has 4 heteroatoms. The van der Waals surface area contributed by atoms with Crippen LogP contribution in [-0.4, -0.2) is 20.1 Å². The van der Waals surface area contributed by atoms with E-state index in [1.807, 2.05) is 45.0 Å². The van der Waals surface area contributed by atoms with Crippen molar-refractivity contribution >= 4 is 34.6 Å². The zero-order chi connectivity index (χ0) is 11.6. The van der Waals surface area contributed by atoms with Crippen LogP contribution < -0.4 is 10.2 Å². The van der Waals surface area contributed by atoms with Gasteiger partial charge in [0.1, 0.15) is 0 Å². The van der Waals surface area contributed by atoms with Gasteiger partial charge in [-0.3, -0.25) is 0 Å². The number of halogens is 2. The monoisotopic (exact) mass is 246 g/mol. The van der Waals surface area contributed by atoms with Crippen LogP contribution >= 0.6 is 23.2 Å². The van der Waals surface area contributed by atoms with Crippen LogP contribution in [0, 0.1) is 0 Å². The molecule has 0 fully saturated rings. The van der Waals surface area contributed by atoms with Crippen LogP contribution in [0.25, 0.3) is 0 Å². The third-order valence-electron chi connectivity index (χ3n) is 1.98. The van der Waals surface area contributed by atoms with Crippen molar-refractivity contribution in [2.45, 2.75) is 19.9 Å². The Bertz CT molecular complexity index is 325. The molecule has 0 aromatic heterocycles. The lowest BCUT2D eigenvalue weighted by Crippen LogP contribution is -2.12. The second-order valence-electron chi connectivity index (χ2n) is 3.98. The van der Waals surface area contributed by atoms with Crippen LogP contribution in [0.4, 0.5) is 11.4 Å². The average molecular weight is 247 g/mol. The normalized spacial score (nSPS) is 10.6. The van der Waals surface area contributed by atoms with Gasteiger partial charge in [0.05, 0.1) is 15.7 Å². The van der Waals surface area contributed by atoms with Crippen molar-refractivity contribution in [3.8, 4) is 0 Å². The lowest BCUT2D eigenvalue weighted by atomic mass is 10.2. The summed E-state index contributed by atoms with van der Waals surface area (Å²) >= 11 is 12.3. The number of anilines is 2. The first kappa shape index (κ1) is 12.5. The maximum Gasteiger partial charge on any atom is 0.0722 e. The fraction of sp³-hybridized carbons (Fsp3) is 0.455. The van der Waals surface area contributed by atoms with Gasteiger partial charge in [-0.1, -0.05) is 23.2 Å². The highest BCUT2D eigenvalue weighted by Crippen LogP contribution is 2.34. The third-order valence-corrected chi connectivity index (χ3v) is 2.57. The molecule has 1 aromatic carbocycles. The molecule has 84 valence electrons. The lowest BCUT2D eigenvalue weighted by Gasteiger charge is -2.18. The van der Waals surface area contributed by atoms with Gasteiger partial charge < -0.3 is 10.2 Å². The van der Waals surface area contributed by atoms with E-state index in [-0.39, 0.29) is 0 Å². The van der Waals surface area contributed by atoms with Crippen LogP contribution in [0.5, 0.6) is 0 Å². The molecule has 0 aliphatic heterocycles. The molecule has 0 saturated heterocycles. The minimum atomic E-state index is 0.310. The summed E-state index contributed by atoms with van der Waals surface area (Å²) in [5.74, 6) is 0. The number of nitrogens with zero attached hydrogens (tertiary/aromatic N) is 1. The highest BCUT2D eigenvalue weighted by molar-refractivity contribution is 6.39. The van der Waals surface area contributed by atoms with E-state index in [9.17, 15) is 0 Å². The molecule has 1 rings (SSSR count). The van der Waals surface area contributed by atoms with Crippen molar-refractivity contribution < 1.29 is 0 Å². The number of rotatable bonds is 3. The highest BCUT2D eigenvalue weighted by Gasteiger charge is 2.09. The first-order valence-electron chi connectivity index (χ1n) is 4.84. The predicted octanol–water partition coefficient (Wildman–Crippen LogP) is 3.88. The topological polar surface area (TPSA) is 15.3 Å². The largest absolute Gasteiger partial charge is 0.380 e. The summed E-state index contributed by atoms with van der Waals surface area (Å²) in [6.07, 6.45) is 0. The average Bonchev–Trinajstić information content (AvgIpc) is 2.10. The minimum absolute atomic E-state index is 0.310. The lowest BCUT2D eigenvalue weighted by molar-refractivity contribution is 0.900. The van der Waals surface area contributed by atoms with E-state index >= 15 is 0 Å². The van der Waals surface area contributed by atoms with Gasteiger partial charge in [0.2, 0.25) is 0 Å². The van der Waals surface area contributed by atoms with Gasteiger partial charge in [-0.2, -0.15) is 0 Å². The second-order valence-corrected chi connectivity index (χ2v) is 4.79. The Kier molecular flexibility index (Phi) is 4.12. The molecule has 0 aliphatic carbocycles. The third kappa shape index (κ3) is 3.18. The van der Waals surface area contributed by atoms with Crippen molar-refractivity contribution in [2.24, 2.45) is 0 Å². The molecule has 1 aromatic rings. The SMILES string of the molecule is CC(C)Nc1c(Cl)cc(N(C)C)cc1Cl. The van der Waals surface area contributed by atoms with Crippen LogP contribution in [0.15, 0.2) is 12.1 Å². The Hall–Kier alpha value is -0.600. The minimum Gasteiger partial charge on any atom is -0.380 e. The summed E-state index contributed by atoms with van der Waals surface area (Å²) in [6, 6.07) is 4.11. The van der Waals surface area contributed by atoms with Gasteiger partial charge in [-0.05, 0) is 26.0 Å². The molecule has 0 amide bonds. The summed E-state index contributed by atoms with van der Waals surface area (Å²) < 4.78 is 0. The molecule has 15 heavy (non-hydrogen) atoms. The van der Waals surface area contributed by atoms with Crippen molar-refractivity contribution in [1.82, 2.24) is 0 Å². The second kappa shape index (κ2) is 4.95. The van der Waals surface area contributed by atoms with Gasteiger partial charge in [-0.25, -0.2) is 0 Å². The number of hydrogen-bond donors (Lipinski definition) is 1. The smallest absolute Gasteiger partial charge is 0.0722 e. The van der Waals surface area contributed by atoms with Gasteiger partial charge in [0, 0.05) is 25.8 Å². The Labute approximate surface area is 101 Å². The Morgan fingerprint density at radius 3 is 1.93 bits per heavy atom. The van der Waals surface area contributed by atoms with Crippen LogP contribution in [0.3, 0.4) is 0 Å². The summed E-state index contributed by atoms with van der Waals surface area (Å²) in [5, 5.41) is 4.53. The number of benzene rings is 1. The van der Waals surface area contributed by atoms with Gasteiger partial charge in [-0.15, -0.1) is 0 Å². The standard InChI is InChI=1S/C11H16Cl2N2/c1-7(2)14-11-9(12)5-8(15(3)4)6-10(11)13/h5-7,14H,1-4H3. The molecular weight excluding hydrogens is 231 g/mol. The van der Waals surface area contributed by atoms with Crippen LogP contribution in [0.2, 0.25) is 10.0 Å². The van der Waals surface area contributed by atoms with Gasteiger partial charge in [0.25, 0.3) is 0 Å². The quantitative estimate of drug-likeness (QED) is 0.871. The van der Waals surface area contributed by atoms with E-state index in [4.69, 9.17) is 23.2 Å². The molecule has 0 unspecified atom stereocenters. The Morgan fingerprint density at radius 2 is 1.60 bits per heavy atom. The molecule has 0 saturated carbocycles. The molecule has 1 N–H and O–H groups in total. The van der Waals surface area contributed by atoms with Crippen molar-refractivity contribution in [3.05, 3.63) is 22.2 Å². The Balaban J connectivity index is 3.10. The molecule has 0 aliphatic rings. The first-order chi connectivity index (χ1) is 6.91. The van der Waals surface area contributed by atoms with E-state index in [0.29, 0.717) is 16.1 Å². The van der Waals surface area contributed by atoms with Crippen LogP contribution in [0.1, 0.15) is 13.8 Å². The molecule has 0 atom stereocenters. The molecule has 0 heterocycles. The summed E-state index contributed by atoms with van der Waals surface area (Å²) in [4.78, 5) is 1.97. The molecular formula is C11H16Cl2N2. The maximum absolute atomic E-state index is 6.15.